The van der Waals surface area contributed by atoms with Crippen molar-refractivity contribution in [1.82, 2.24) is 19.7 Å². The van der Waals surface area contributed by atoms with Crippen LogP contribution >= 0.6 is 0 Å². The minimum Gasteiger partial charge on any atom is -0.378 e. The molecule has 9 nitrogen and oxygen atoms in total. The molecular formula is C23H25F3N6O3. The van der Waals surface area contributed by atoms with Gasteiger partial charge in [-0.05, 0) is 38.5 Å². The number of nitrogens with zero attached hydrogens (tertiary/aromatic N) is 4. The molecule has 2 N–H and O–H groups in total. The van der Waals surface area contributed by atoms with E-state index in [2.05, 4.69) is 20.4 Å². The predicted molar refractivity (Wildman–Crippen MR) is 123 cm³/mol. The fourth-order valence-corrected chi connectivity index (χ4v) is 3.86. The third kappa shape index (κ3) is 5.70. The van der Waals surface area contributed by atoms with Gasteiger partial charge in [0.05, 0.1) is 30.2 Å². The third-order valence-electron chi connectivity index (χ3n) is 5.64. The quantitative estimate of drug-likeness (QED) is 0.551. The molecule has 12 heteroatoms. The Bertz CT molecular complexity index is 1280. The maximum Gasteiger partial charge on any atom is 0.416 e. The Balaban J connectivity index is 1.46. The fourth-order valence-electron chi connectivity index (χ4n) is 3.86. The van der Waals surface area contributed by atoms with Gasteiger partial charge in [0.25, 0.3) is 5.56 Å². The van der Waals surface area contributed by atoms with Crippen LogP contribution in [0.4, 0.5) is 24.9 Å². The van der Waals surface area contributed by atoms with Gasteiger partial charge in [-0.25, -0.2) is 9.67 Å². The summed E-state index contributed by atoms with van der Waals surface area (Å²) in [6, 6.07) is 6.25. The molecule has 35 heavy (non-hydrogen) atoms. The van der Waals surface area contributed by atoms with Crippen molar-refractivity contribution in [2.75, 3.05) is 36.5 Å². The summed E-state index contributed by atoms with van der Waals surface area (Å²) in [4.78, 5) is 34.5. The van der Waals surface area contributed by atoms with E-state index in [1.54, 1.807) is 19.9 Å². The Morgan fingerprint density at radius 3 is 2.63 bits per heavy atom. The maximum atomic E-state index is 13.1. The molecule has 3 heterocycles. The van der Waals surface area contributed by atoms with Crippen LogP contribution in [0, 0.1) is 13.8 Å². The number of hydrogen-bond acceptors (Lipinski definition) is 6. The summed E-state index contributed by atoms with van der Waals surface area (Å²) in [5.74, 6) is 0.303. The van der Waals surface area contributed by atoms with Gasteiger partial charge in [0.15, 0.2) is 0 Å². The molecule has 1 fully saturated rings. The van der Waals surface area contributed by atoms with Crippen molar-refractivity contribution in [2.24, 2.45) is 0 Å². The van der Waals surface area contributed by atoms with Crippen molar-refractivity contribution in [3.8, 4) is 5.69 Å². The van der Waals surface area contributed by atoms with Crippen LogP contribution in [-0.2, 0) is 22.1 Å². The van der Waals surface area contributed by atoms with E-state index in [4.69, 9.17) is 4.74 Å². The SMILES string of the molecule is Cc1cc(NC(=O)CCc2c(C)nc(N3CCOCC3)[nH]c2=O)n(-c2cccc(C(F)(F)F)c2)n1. The number of H-pyrrole nitrogens is 1. The highest BCUT2D eigenvalue weighted by Gasteiger charge is 2.30. The molecule has 186 valence electrons. The third-order valence-corrected chi connectivity index (χ3v) is 5.64. The zero-order chi connectivity index (χ0) is 25.2. The van der Waals surface area contributed by atoms with Crippen LogP contribution in [0.25, 0.3) is 5.69 Å². The van der Waals surface area contributed by atoms with Crippen molar-refractivity contribution in [2.45, 2.75) is 32.9 Å². The summed E-state index contributed by atoms with van der Waals surface area (Å²) < 4.78 is 45.9. The summed E-state index contributed by atoms with van der Waals surface area (Å²) in [6.45, 7) is 5.76. The molecule has 0 unspecified atom stereocenters. The van der Waals surface area contributed by atoms with Crippen molar-refractivity contribution in [1.29, 1.82) is 0 Å². The van der Waals surface area contributed by atoms with Gasteiger partial charge >= 0.3 is 6.18 Å². The van der Waals surface area contributed by atoms with E-state index in [0.717, 1.165) is 12.1 Å². The van der Waals surface area contributed by atoms with Crippen molar-refractivity contribution < 1.29 is 22.7 Å². The lowest BCUT2D eigenvalue weighted by Crippen LogP contribution is -2.38. The Morgan fingerprint density at radius 2 is 1.94 bits per heavy atom. The molecule has 0 bridgehead atoms. The first-order chi connectivity index (χ1) is 16.6. The number of halogens is 3. The number of aromatic nitrogens is 4. The van der Waals surface area contributed by atoms with Gasteiger partial charge in [-0.2, -0.15) is 18.3 Å². The number of anilines is 2. The highest BCUT2D eigenvalue weighted by atomic mass is 19.4. The number of carbonyl (C=O) groups is 1. The van der Waals surface area contributed by atoms with Crippen LogP contribution in [0.5, 0.6) is 0 Å². The van der Waals surface area contributed by atoms with Crippen LogP contribution in [-0.4, -0.2) is 52.0 Å². The van der Waals surface area contributed by atoms with E-state index in [0.29, 0.717) is 49.2 Å². The number of morpholine rings is 1. The first-order valence-electron chi connectivity index (χ1n) is 11.1. The largest absolute Gasteiger partial charge is 0.416 e. The monoisotopic (exact) mass is 490 g/mol. The number of rotatable bonds is 6. The molecule has 0 spiro atoms. The molecule has 0 atom stereocenters. The van der Waals surface area contributed by atoms with E-state index in [1.165, 1.54) is 16.8 Å². The number of alkyl halides is 3. The van der Waals surface area contributed by atoms with Crippen LogP contribution in [0.1, 0.15) is 28.9 Å². The number of nitrogens with one attached hydrogen (secondary N) is 2. The van der Waals surface area contributed by atoms with Gasteiger partial charge in [-0.1, -0.05) is 6.07 Å². The second-order valence-corrected chi connectivity index (χ2v) is 8.23. The number of aryl methyl sites for hydroxylation is 2. The van der Waals surface area contributed by atoms with Crippen LogP contribution < -0.4 is 15.8 Å². The highest BCUT2D eigenvalue weighted by Crippen LogP contribution is 2.31. The topological polar surface area (TPSA) is 105 Å². The number of benzene rings is 1. The van der Waals surface area contributed by atoms with E-state index in [-0.39, 0.29) is 29.9 Å². The minimum atomic E-state index is -4.50. The standard InChI is InChI=1S/C23H25F3N6O3/c1-14-12-19(32(30-14)17-5-3-4-16(13-17)23(24,25)26)28-20(33)7-6-18-15(2)27-22(29-21(18)34)31-8-10-35-11-9-31/h3-5,12-13H,6-11H2,1-2H3,(H,28,33)(H,27,29,34). The lowest BCUT2D eigenvalue weighted by molar-refractivity contribution is -0.137. The van der Waals surface area contributed by atoms with Gasteiger partial charge in [0.1, 0.15) is 5.82 Å². The molecule has 3 aromatic rings. The average molecular weight is 490 g/mol. The Hall–Kier alpha value is -3.67. The first kappa shape index (κ1) is 24.5. The number of hydrogen-bond donors (Lipinski definition) is 2. The zero-order valence-corrected chi connectivity index (χ0v) is 19.3. The van der Waals surface area contributed by atoms with Crippen molar-refractivity contribution in [3.05, 3.63) is 63.2 Å². The molecule has 0 saturated carbocycles. The van der Waals surface area contributed by atoms with E-state index < -0.39 is 17.6 Å². The normalized spacial score (nSPS) is 14.3. The molecule has 1 aromatic carbocycles. The van der Waals surface area contributed by atoms with Gasteiger partial charge in [-0.3, -0.25) is 14.6 Å². The lowest BCUT2D eigenvalue weighted by atomic mass is 10.1. The van der Waals surface area contributed by atoms with Crippen LogP contribution in [0.15, 0.2) is 35.1 Å². The number of ether oxygens (including phenoxy) is 1. The molecular weight excluding hydrogens is 465 g/mol. The molecule has 0 radical (unpaired) electrons. The molecule has 1 aliphatic rings. The summed E-state index contributed by atoms with van der Waals surface area (Å²) >= 11 is 0. The smallest absolute Gasteiger partial charge is 0.378 e. The maximum absolute atomic E-state index is 13.1. The Labute approximate surface area is 198 Å². The molecule has 2 aromatic heterocycles. The van der Waals surface area contributed by atoms with Crippen molar-refractivity contribution >= 4 is 17.7 Å². The minimum absolute atomic E-state index is 0.0185. The first-order valence-corrected chi connectivity index (χ1v) is 11.1. The van der Waals surface area contributed by atoms with E-state index in [9.17, 15) is 22.8 Å². The van der Waals surface area contributed by atoms with Crippen LogP contribution in [0.3, 0.4) is 0 Å². The number of amides is 1. The van der Waals surface area contributed by atoms with Gasteiger partial charge < -0.3 is 15.0 Å². The summed E-state index contributed by atoms with van der Waals surface area (Å²) in [5.41, 5.74) is 0.499. The second kappa shape index (κ2) is 9.90. The molecule has 1 aliphatic heterocycles. The lowest BCUT2D eigenvalue weighted by Gasteiger charge is -2.27. The fraction of sp³-hybridized carbons (Fsp3) is 0.391. The Kier molecular flexibility index (Phi) is 6.92. The zero-order valence-electron chi connectivity index (χ0n) is 19.3. The predicted octanol–water partition coefficient (Wildman–Crippen LogP) is 3.00. The summed E-state index contributed by atoms with van der Waals surface area (Å²) in [7, 11) is 0. The molecule has 0 aliphatic carbocycles. The highest BCUT2D eigenvalue weighted by molar-refractivity contribution is 5.90. The summed E-state index contributed by atoms with van der Waals surface area (Å²) in [5, 5.41) is 6.90. The molecule has 4 rings (SSSR count). The average Bonchev–Trinajstić information content (AvgIpc) is 3.18. The van der Waals surface area contributed by atoms with Gasteiger partial charge in [0.2, 0.25) is 11.9 Å². The number of aromatic amines is 1. The van der Waals surface area contributed by atoms with Gasteiger partial charge in [0, 0.05) is 36.8 Å². The van der Waals surface area contributed by atoms with Crippen molar-refractivity contribution in [3.63, 3.8) is 0 Å². The van der Waals surface area contributed by atoms with Crippen LogP contribution in [0.2, 0.25) is 0 Å². The van der Waals surface area contributed by atoms with E-state index >= 15 is 0 Å². The van der Waals surface area contributed by atoms with E-state index in [1.807, 2.05) is 4.90 Å². The molecule has 1 saturated heterocycles. The Morgan fingerprint density at radius 1 is 1.20 bits per heavy atom. The second-order valence-electron chi connectivity index (χ2n) is 8.23. The molecule has 1 amide bonds. The van der Waals surface area contributed by atoms with Gasteiger partial charge in [-0.15, -0.1) is 0 Å². The summed E-state index contributed by atoms with van der Waals surface area (Å²) in [6.07, 6.45) is -4.37. The number of carbonyl (C=O) groups excluding carboxylic acids is 1.